The van der Waals surface area contributed by atoms with Crippen molar-refractivity contribution in [3.05, 3.63) is 30.1 Å². The Morgan fingerprint density at radius 2 is 1.86 bits per heavy atom. The van der Waals surface area contributed by atoms with Crippen molar-refractivity contribution in [2.75, 3.05) is 0 Å². The molecule has 110 valence electrons. The predicted octanol–water partition coefficient (Wildman–Crippen LogP) is 1.33. The van der Waals surface area contributed by atoms with Crippen molar-refractivity contribution in [1.82, 2.24) is 9.38 Å². The Balaban J connectivity index is 2.06. The van der Waals surface area contributed by atoms with Gasteiger partial charge in [0.2, 0.25) is 0 Å². The third-order valence-corrected chi connectivity index (χ3v) is 4.28. The maximum absolute atomic E-state index is 11.1. The Morgan fingerprint density at radius 1 is 1.24 bits per heavy atom. The zero-order valence-electron chi connectivity index (χ0n) is 12.5. The van der Waals surface area contributed by atoms with Crippen molar-refractivity contribution < 1.29 is 19.2 Å². The second kappa shape index (κ2) is 4.32. The standard InChI is InChI=1S/C14H17BN2O4/c1-13(2)14(3,4)21-15(20-13)10-7-16-11-6-5-9(12(18)19)8-17(10)11/h5-8H,1-4H3,(H,18,19). The van der Waals surface area contributed by atoms with Gasteiger partial charge in [0, 0.05) is 12.4 Å². The number of pyridine rings is 1. The molecule has 0 saturated carbocycles. The number of carboxylic acid groups (broad SMARTS) is 1. The highest BCUT2D eigenvalue weighted by Crippen LogP contribution is 2.36. The fourth-order valence-corrected chi connectivity index (χ4v) is 2.26. The van der Waals surface area contributed by atoms with E-state index in [1.54, 1.807) is 16.7 Å². The first-order chi connectivity index (χ1) is 9.71. The number of aromatic nitrogens is 2. The van der Waals surface area contributed by atoms with E-state index in [4.69, 9.17) is 14.4 Å². The molecule has 0 atom stereocenters. The summed E-state index contributed by atoms with van der Waals surface area (Å²) < 4.78 is 13.7. The lowest BCUT2D eigenvalue weighted by Gasteiger charge is -2.32. The number of nitrogens with zero attached hydrogens (tertiary/aromatic N) is 2. The van der Waals surface area contributed by atoms with E-state index in [2.05, 4.69) is 4.98 Å². The van der Waals surface area contributed by atoms with Crippen LogP contribution in [0, 0.1) is 0 Å². The summed E-state index contributed by atoms with van der Waals surface area (Å²) in [6, 6.07) is 3.19. The molecule has 0 aliphatic carbocycles. The topological polar surface area (TPSA) is 73.1 Å². The lowest BCUT2D eigenvalue weighted by Crippen LogP contribution is -2.41. The van der Waals surface area contributed by atoms with E-state index in [-0.39, 0.29) is 5.56 Å². The molecule has 0 amide bonds. The van der Waals surface area contributed by atoms with Crippen LogP contribution in [0.4, 0.5) is 0 Å². The highest BCUT2D eigenvalue weighted by atomic mass is 16.7. The van der Waals surface area contributed by atoms with Crippen LogP contribution in [0.1, 0.15) is 38.1 Å². The van der Waals surface area contributed by atoms with Crippen molar-refractivity contribution in [3.8, 4) is 0 Å². The molecular formula is C14H17BN2O4. The lowest BCUT2D eigenvalue weighted by molar-refractivity contribution is 0.00578. The smallest absolute Gasteiger partial charge is 0.478 e. The molecule has 1 fully saturated rings. The van der Waals surface area contributed by atoms with Crippen molar-refractivity contribution in [2.45, 2.75) is 38.9 Å². The third-order valence-electron chi connectivity index (χ3n) is 4.28. The molecule has 0 aromatic carbocycles. The van der Waals surface area contributed by atoms with E-state index < -0.39 is 24.3 Å². The Morgan fingerprint density at radius 3 is 2.43 bits per heavy atom. The summed E-state index contributed by atoms with van der Waals surface area (Å²) in [7, 11) is -0.575. The number of imidazole rings is 1. The van der Waals surface area contributed by atoms with Gasteiger partial charge in [-0.05, 0) is 39.8 Å². The van der Waals surface area contributed by atoms with Crippen LogP contribution in [0.2, 0.25) is 0 Å². The molecule has 3 rings (SSSR count). The molecule has 0 radical (unpaired) electrons. The molecule has 0 spiro atoms. The number of aromatic carboxylic acids is 1. The second-order valence-corrected chi connectivity index (χ2v) is 6.22. The molecule has 3 heterocycles. The highest BCUT2D eigenvalue weighted by Gasteiger charge is 2.52. The summed E-state index contributed by atoms with van der Waals surface area (Å²) in [6.07, 6.45) is 3.19. The molecule has 0 bridgehead atoms. The van der Waals surface area contributed by atoms with Gasteiger partial charge in [-0.25, -0.2) is 9.78 Å². The fourth-order valence-electron chi connectivity index (χ4n) is 2.26. The zero-order chi connectivity index (χ0) is 15.4. The van der Waals surface area contributed by atoms with E-state index in [0.717, 1.165) is 0 Å². The fraction of sp³-hybridized carbons (Fsp3) is 0.429. The van der Waals surface area contributed by atoms with Crippen LogP contribution < -0.4 is 5.59 Å². The second-order valence-electron chi connectivity index (χ2n) is 6.22. The molecule has 21 heavy (non-hydrogen) atoms. The summed E-state index contributed by atoms with van der Waals surface area (Å²) in [5, 5.41) is 9.11. The van der Waals surface area contributed by atoms with Crippen molar-refractivity contribution >= 4 is 24.3 Å². The minimum atomic E-state index is -0.981. The molecule has 7 heteroatoms. The van der Waals surface area contributed by atoms with Gasteiger partial charge in [-0.3, -0.25) is 0 Å². The van der Waals surface area contributed by atoms with Gasteiger partial charge in [-0.2, -0.15) is 0 Å². The number of rotatable bonds is 2. The number of carbonyl (C=O) groups is 1. The molecular weight excluding hydrogens is 271 g/mol. The van der Waals surface area contributed by atoms with Gasteiger partial charge >= 0.3 is 13.1 Å². The maximum atomic E-state index is 11.1. The van der Waals surface area contributed by atoms with Crippen molar-refractivity contribution in [3.63, 3.8) is 0 Å². The Labute approximate surface area is 122 Å². The number of hydrogen-bond donors (Lipinski definition) is 1. The Hall–Kier alpha value is -1.86. The predicted molar refractivity (Wildman–Crippen MR) is 77.9 cm³/mol. The number of fused-ring (bicyclic) bond motifs is 1. The molecule has 6 nitrogen and oxygen atoms in total. The quantitative estimate of drug-likeness (QED) is 0.844. The van der Waals surface area contributed by atoms with Crippen LogP contribution in [0.25, 0.3) is 5.65 Å². The van der Waals surface area contributed by atoms with E-state index in [0.29, 0.717) is 11.2 Å². The van der Waals surface area contributed by atoms with Gasteiger partial charge in [0.1, 0.15) is 5.65 Å². The van der Waals surface area contributed by atoms with Crippen LogP contribution >= 0.6 is 0 Å². The summed E-state index contributed by atoms with van der Waals surface area (Å²) in [6.45, 7) is 7.88. The van der Waals surface area contributed by atoms with E-state index in [1.165, 1.54) is 12.3 Å². The van der Waals surface area contributed by atoms with Crippen LogP contribution in [0.5, 0.6) is 0 Å². The van der Waals surface area contributed by atoms with Crippen LogP contribution in [-0.4, -0.2) is 38.8 Å². The first kappa shape index (κ1) is 14.1. The SMILES string of the molecule is CC1(C)OB(c2cnc3ccc(C(=O)O)cn23)OC1(C)C. The van der Waals surface area contributed by atoms with Gasteiger partial charge in [0.05, 0.1) is 22.4 Å². The molecule has 1 aliphatic heterocycles. The molecule has 1 aliphatic rings. The molecule has 2 aromatic heterocycles. The average Bonchev–Trinajstić information content (AvgIpc) is 2.87. The minimum Gasteiger partial charge on any atom is -0.478 e. The molecule has 1 saturated heterocycles. The van der Waals surface area contributed by atoms with Crippen LogP contribution in [0.3, 0.4) is 0 Å². The molecule has 2 aromatic rings. The lowest BCUT2D eigenvalue weighted by atomic mass is 9.85. The first-order valence-corrected chi connectivity index (χ1v) is 6.77. The van der Waals surface area contributed by atoms with Crippen LogP contribution in [-0.2, 0) is 9.31 Å². The molecule has 0 unspecified atom stereocenters. The molecule has 1 N–H and O–H groups in total. The van der Waals surface area contributed by atoms with Gasteiger partial charge in [-0.15, -0.1) is 0 Å². The summed E-state index contributed by atoms with van der Waals surface area (Å²) in [5.41, 5.74) is 0.632. The first-order valence-electron chi connectivity index (χ1n) is 6.77. The minimum absolute atomic E-state index is 0.193. The van der Waals surface area contributed by atoms with Gasteiger partial charge in [-0.1, -0.05) is 0 Å². The van der Waals surface area contributed by atoms with E-state index >= 15 is 0 Å². The average molecular weight is 288 g/mol. The van der Waals surface area contributed by atoms with E-state index in [9.17, 15) is 4.79 Å². The largest absolute Gasteiger partial charge is 0.514 e. The van der Waals surface area contributed by atoms with Gasteiger partial charge < -0.3 is 18.8 Å². The summed E-state index contributed by atoms with van der Waals surface area (Å²) in [5.74, 6) is -0.981. The normalized spacial score (nSPS) is 20.1. The van der Waals surface area contributed by atoms with Crippen molar-refractivity contribution in [2.24, 2.45) is 0 Å². The highest BCUT2D eigenvalue weighted by molar-refractivity contribution is 6.61. The van der Waals surface area contributed by atoms with Crippen LogP contribution in [0.15, 0.2) is 24.5 Å². The van der Waals surface area contributed by atoms with Crippen molar-refractivity contribution in [1.29, 1.82) is 0 Å². The number of hydrogen-bond acceptors (Lipinski definition) is 4. The summed E-state index contributed by atoms with van der Waals surface area (Å²) in [4.78, 5) is 15.4. The number of carboxylic acids is 1. The van der Waals surface area contributed by atoms with E-state index in [1.807, 2.05) is 27.7 Å². The van der Waals surface area contributed by atoms with Gasteiger partial charge in [0.25, 0.3) is 0 Å². The zero-order valence-corrected chi connectivity index (χ0v) is 12.5. The Bertz CT molecular complexity index is 707. The monoisotopic (exact) mass is 288 g/mol. The Kier molecular flexibility index (Phi) is 2.90. The summed E-state index contributed by atoms with van der Waals surface area (Å²) >= 11 is 0. The van der Waals surface area contributed by atoms with Gasteiger partial charge in [0.15, 0.2) is 0 Å². The third kappa shape index (κ3) is 2.13. The maximum Gasteiger partial charge on any atom is 0.514 e.